The van der Waals surface area contributed by atoms with Crippen LogP contribution < -0.4 is 10.6 Å². The van der Waals surface area contributed by atoms with Gasteiger partial charge in [0.2, 0.25) is 0 Å². The Balaban J connectivity index is 1.56. The van der Waals surface area contributed by atoms with E-state index in [-0.39, 0.29) is 0 Å². The Morgan fingerprint density at radius 3 is 3.14 bits per heavy atom. The van der Waals surface area contributed by atoms with Crippen molar-refractivity contribution in [3.8, 4) is 0 Å². The van der Waals surface area contributed by atoms with E-state index < -0.39 is 0 Å². The largest absolute Gasteiger partial charge is 0.357 e. The van der Waals surface area contributed by atoms with Crippen LogP contribution in [0.1, 0.15) is 37.8 Å². The van der Waals surface area contributed by atoms with Crippen LogP contribution in [0.4, 0.5) is 0 Å². The maximum Gasteiger partial charge on any atom is 0.191 e. The van der Waals surface area contributed by atoms with E-state index in [1.165, 1.54) is 25.0 Å². The second-order valence-electron chi connectivity index (χ2n) is 5.50. The fraction of sp³-hybridized carbons (Fsp3) is 0.786. The number of aliphatic imine (C=N–C) groups is 1. The summed E-state index contributed by atoms with van der Waals surface area (Å²) in [6.07, 6.45) is 4.89. The average Bonchev–Trinajstić information content (AvgIpc) is 3.19. The second-order valence-corrected chi connectivity index (χ2v) is 6.91. The lowest BCUT2D eigenvalue weighted by molar-refractivity contribution is 0.681. The molecule has 1 atom stereocenters. The highest BCUT2D eigenvalue weighted by atomic mass is 32.2. The van der Waals surface area contributed by atoms with E-state index in [0.29, 0.717) is 6.54 Å². The van der Waals surface area contributed by atoms with Crippen LogP contribution >= 0.6 is 11.8 Å². The first kappa shape index (κ1) is 14.7. The molecule has 0 aromatic carbocycles. The van der Waals surface area contributed by atoms with Gasteiger partial charge in [-0.1, -0.05) is 0 Å². The molecule has 21 heavy (non-hydrogen) atoms. The van der Waals surface area contributed by atoms with Crippen LogP contribution in [0.5, 0.6) is 0 Å². The number of hydrogen-bond donors (Lipinski definition) is 2. The lowest BCUT2D eigenvalue weighted by Crippen LogP contribution is -2.40. The van der Waals surface area contributed by atoms with Crippen molar-refractivity contribution in [2.75, 3.05) is 18.8 Å². The van der Waals surface area contributed by atoms with Crippen LogP contribution in [-0.2, 0) is 19.5 Å². The molecule has 2 aliphatic rings. The Morgan fingerprint density at radius 1 is 1.38 bits per heavy atom. The number of rotatable bonds is 5. The first-order valence-electron chi connectivity index (χ1n) is 7.91. The van der Waals surface area contributed by atoms with Gasteiger partial charge < -0.3 is 15.2 Å². The molecule has 0 bridgehead atoms. The molecule has 116 valence electrons. The zero-order valence-corrected chi connectivity index (χ0v) is 13.5. The molecule has 0 saturated carbocycles. The monoisotopic (exact) mass is 308 g/mol. The zero-order valence-electron chi connectivity index (χ0n) is 12.6. The van der Waals surface area contributed by atoms with E-state index in [1.54, 1.807) is 0 Å². The van der Waals surface area contributed by atoms with Crippen molar-refractivity contribution in [3.63, 3.8) is 0 Å². The normalized spacial score (nSPS) is 21.6. The number of guanidine groups is 1. The summed E-state index contributed by atoms with van der Waals surface area (Å²) in [5, 5.41) is 16.0. The number of nitrogens with zero attached hydrogens (tertiary/aromatic N) is 4. The summed E-state index contributed by atoms with van der Waals surface area (Å²) in [4.78, 5) is 4.66. The highest BCUT2D eigenvalue weighted by Crippen LogP contribution is 2.25. The molecule has 0 spiro atoms. The average molecular weight is 308 g/mol. The van der Waals surface area contributed by atoms with E-state index >= 15 is 0 Å². The molecule has 1 aromatic heterocycles. The highest BCUT2D eigenvalue weighted by molar-refractivity contribution is 8.00. The number of hydrogen-bond acceptors (Lipinski definition) is 4. The van der Waals surface area contributed by atoms with Gasteiger partial charge in [0.1, 0.15) is 12.4 Å². The SMILES string of the molecule is CCNC(=NCc1nnc2n1CCC2)NCC1CCCS1. The van der Waals surface area contributed by atoms with Crippen LogP contribution in [0.25, 0.3) is 0 Å². The summed E-state index contributed by atoms with van der Waals surface area (Å²) in [7, 11) is 0. The number of nitrogens with one attached hydrogen (secondary N) is 2. The third-order valence-electron chi connectivity index (χ3n) is 3.93. The number of thioether (sulfide) groups is 1. The Morgan fingerprint density at radius 2 is 2.33 bits per heavy atom. The van der Waals surface area contributed by atoms with Gasteiger partial charge in [0.25, 0.3) is 0 Å². The van der Waals surface area contributed by atoms with Gasteiger partial charge in [-0.15, -0.1) is 10.2 Å². The van der Waals surface area contributed by atoms with Crippen LogP contribution in [0, 0.1) is 0 Å². The standard InChI is InChI=1S/C14H24N6S/c1-2-15-14(16-9-11-5-4-8-21-11)17-10-13-19-18-12-6-3-7-20(12)13/h11H,2-10H2,1H3,(H2,15,16,17). The van der Waals surface area contributed by atoms with E-state index in [1.807, 2.05) is 0 Å². The Labute approximate surface area is 130 Å². The lowest BCUT2D eigenvalue weighted by atomic mass is 10.2. The van der Waals surface area contributed by atoms with Crippen molar-refractivity contribution < 1.29 is 0 Å². The Kier molecular flexibility index (Phi) is 5.00. The highest BCUT2D eigenvalue weighted by Gasteiger charge is 2.17. The van der Waals surface area contributed by atoms with E-state index in [4.69, 9.17) is 0 Å². The molecular formula is C14H24N6S. The van der Waals surface area contributed by atoms with Gasteiger partial charge in [0, 0.05) is 31.3 Å². The molecule has 0 aliphatic carbocycles. The van der Waals surface area contributed by atoms with Crippen molar-refractivity contribution in [2.24, 2.45) is 4.99 Å². The molecule has 3 heterocycles. The van der Waals surface area contributed by atoms with Gasteiger partial charge in [-0.25, -0.2) is 4.99 Å². The van der Waals surface area contributed by atoms with Gasteiger partial charge >= 0.3 is 0 Å². The van der Waals surface area contributed by atoms with Crippen molar-refractivity contribution >= 4 is 17.7 Å². The van der Waals surface area contributed by atoms with Crippen molar-refractivity contribution in [2.45, 2.75) is 50.9 Å². The van der Waals surface area contributed by atoms with Gasteiger partial charge in [0.05, 0.1) is 0 Å². The van der Waals surface area contributed by atoms with E-state index in [9.17, 15) is 0 Å². The quantitative estimate of drug-likeness (QED) is 0.631. The molecule has 1 fully saturated rings. The zero-order chi connectivity index (χ0) is 14.5. The fourth-order valence-electron chi connectivity index (χ4n) is 2.84. The summed E-state index contributed by atoms with van der Waals surface area (Å²) < 4.78 is 2.21. The number of aryl methyl sites for hydroxylation is 1. The fourth-order valence-corrected chi connectivity index (χ4v) is 4.04. The molecule has 6 nitrogen and oxygen atoms in total. The van der Waals surface area contributed by atoms with Gasteiger partial charge in [-0.05, 0) is 31.9 Å². The van der Waals surface area contributed by atoms with Gasteiger partial charge in [-0.3, -0.25) is 0 Å². The molecular weight excluding hydrogens is 284 g/mol. The minimum Gasteiger partial charge on any atom is -0.357 e. The van der Waals surface area contributed by atoms with Crippen molar-refractivity contribution in [1.29, 1.82) is 0 Å². The molecule has 1 unspecified atom stereocenters. The summed E-state index contributed by atoms with van der Waals surface area (Å²) in [5.41, 5.74) is 0. The summed E-state index contributed by atoms with van der Waals surface area (Å²) in [5.74, 6) is 4.28. The van der Waals surface area contributed by atoms with Gasteiger partial charge in [0.15, 0.2) is 11.8 Å². The van der Waals surface area contributed by atoms with Crippen LogP contribution in [0.15, 0.2) is 4.99 Å². The smallest absolute Gasteiger partial charge is 0.191 e. The lowest BCUT2D eigenvalue weighted by Gasteiger charge is -2.14. The molecule has 2 N–H and O–H groups in total. The third-order valence-corrected chi connectivity index (χ3v) is 5.33. The van der Waals surface area contributed by atoms with E-state index in [2.05, 4.69) is 49.1 Å². The predicted molar refractivity (Wildman–Crippen MR) is 86.6 cm³/mol. The topological polar surface area (TPSA) is 67.1 Å². The molecule has 3 rings (SSSR count). The molecule has 0 radical (unpaired) electrons. The summed E-state index contributed by atoms with van der Waals surface area (Å²) in [6, 6.07) is 0. The first-order valence-corrected chi connectivity index (χ1v) is 8.96. The number of fused-ring (bicyclic) bond motifs is 1. The molecule has 1 saturated heterocycles. The Bertz CT molecular complexity index is 492. The molecule has 1 aromatic rings. The minimum absolute atomic E-state index is 0.597. The van der Waals surface area contributed by atoms with Crippen LogP contribution in [-0.4, -0.2) is 44.8 Å². The molecule has 7 heteroatoms. The summed E-state index contributed by atoms with van der Waals surface area (Å²) in [6.45, 7) is 5.60. The van der Waals surface area contributed by atoms with E-state index in [0.717, 1.165) is 48.9 Å². The second kappa shape index (κ2) is 7.15. The first-order chi connectivity index (χ1) is 10.4. The van der Waals surface area contributed by atoms with Gasteiger partial charge in [-0.2, -0.15) is 11.8 Å². The predicted octanol–water partition coefficient (Wildman–Crippen LogP) is 1.17. The van der Waals surface area contributed by atoms with Crippen molar-refractivity contribution in [1.82, 2.24) is 25.4 Å². The maximum absolute atomic E-state index is 4.66. The summed E-state index contributed by atoms with van der Waals surface area (Å²) >= 11 is 2.06. The Hall–Kier alpha value is -1.24. The minimum atomic E-state index is 0.597. The maximum atomic E-state index is 4.66. The molecule has 0 amide bonds. The van der Waals surface area contributed by atoms with Crippen LogP contribution in [0.3, 0.4) is 0 Å². The van der Waals surface area contributed by atoms with Crippen LogP contribution in [0.2, 0.25) is 0 Å². The number of aromatic nitrogens is 3. The van der Waals surface area contributed by atoms with Crippen molar-refractivity contribution in [3.05, 3.63) is 11.6 Å². The molecule has 2 aliphatic heterocycles. The third kappa shape index (κ3) is 3.70.